The Morgan fingerprint density at radius 2 is 2.00 bits per heavy atom. The molecular weight excluding hydrogens is 280 g/mol. The standard InChI is InChI=1S/C13H21BrN2O/c1-9(2)8-11-12(14)13(17)16(15-11)10-6-4-3-5-7-10/h9-10,15H,3-8H2,1-2H3. The van der Waals surface area contributed by atoms with Gasteiger partial charge in [0, 0.05) is 0 Å². The molecule has 1 aliphatic carbocycles. The fourth-order valence-corrected chi connectivity index (χ4v) is 3.06. The van der Waals surface area contributed by atoms with Gasteiger partial charge >= 0.3 is 0 Å². The van der Waals surface area contributed by atoms with Crippen molar-refractivity contribution in [1.29, 1.82) is 0 Å². The number of halogens is 1. The number of hydrogen-bond donors (Lipinski definition) is 1. The second-order valence-corrected chi connectivity index (χ2v) is 6.26. The molecule has 1 fully saturated rings. The third-order valence-corrected chi connectivity index (χ3v) is 4.30. The molecule has 96 valence electrons. The van der Waals surface area contributed by atoms with Gasteiger partial charge in [0.2, 0.25) is 0 Å². The zero-order valence-corrected chi connectivity index (χ0v) is 12.2. The second-order valence-electron chi connectivity index (χ2n) is 5.47. The zero-order valence-electron chi connectivity index (χ0n) is 10.6. The first-order valence-electron chi connectivity index (χ1n) is 6.58. The first-order valence-corrected chi connectivity index (χ1v) is 7.37. The lowest BCUT2D eigenvalue weighted by atomic mass is 9.96. The fourth-order valence-electron chi connectivity index (χ4n) is 2.62. The molecule has 0 atom stereocenters. The highest BCUT2D eigenvalue weighted by Crippen LogP contribution is 2.27. The molecule has 2 rings (SSSR count). The summed E-state index contributed by atoms with van der Waals surface area (Å²) >= 11 is 3.43. The minimum absolute atomic E-state index is 0.118. The minimum atomic E-state index is 0.118. The molecule has 17 heavy (non-hydrogen) atoms. The summed E-state index contributed by atoms with van der Waals surface area (Å²) in [5, 5.41) is 3.31. The third-order valence-electron chi connectivity index (χ3n) is 3.48. The Kier molecular flexibility index (Phi) is 4.13. The molecule has 3 nitrogen and oxygen atoms in total. The summed E-state index contributed by atoms with van der Waals surface area (Å²) in [6, 6.07) is 0.383. The van der Waals surface area contributed by atoms with Gasteiger partial charge in [0.15, 0.2) is 0 Å². The molecule has 0 aliphatic heterocycles. The molecule has 1 N–H and O–H groups in total. The van der Waals surface area contributed by atoms with Gasteiger partial charge in [0.05, 0.1) is 11.7 Å². The fraction of sp³-hybridized carbons (Fsp3) is 0.769. The number of aromatic nitrogens is 2. The molecule has 4 heteroatoms. The maximum absolute atomic E-state index is 12.2. The topological polar surface area (TPSA) is 37.8 Å². The van der Waals surface area contributed by atoms with Crippen LogP contribution in [0.5, 0.6) is 0 Å². The van der Waals surface area contributed by atoms with E-state index in [0.29, 0.717) is 12.0 Å². The molecule has 0 radical (unpaired) electrons. The SMILES string of the molecule is CC(C)Cc1[nH]n(C2CCCCC2)c(=O)c1Br. The van der Waals surface area contributed by atoms with Gasteiger partial charge in [-0.25, -0.2) is 4.68 Å². The van der Waals surface area contributed by atoms with Crippen molar-refractivity contribution in [3.05, 3.63) is 20.5 Å². The van der Waals surface area contributed by atoms with Crippen molar-refractivity contribution in [2.75, 3.05) is 0 Å². The highest BCUT2D eigenvalue weighted by Gasteiger charge is 2.21. The Balaban J connectivity index is 2.25. The number of H-pyrrole nitrogens is 1. The molecule has 1 saturated carbocycles. The predicted octanol–water partition coefficient (Wildman–Crippen LogP) is 3.64. The number of nitrogens with zero attached hydrogens (tertiary/aromatic N) is 1. The Bertz CT molecular complexity index is 427. The van der Waals surface area contributed by atoms with Crippen LogP contribution in [0.2, 0.25) is 0 Å². The van der Waals surface area contributed by atoms with Gasteiger partial charge in [-0.3, -0.25) is 9.89 Å². The maximum Gasteiger partial charge on any atom is 0.281 e. The van der Waals surface area contributed by atoms with E-state index in [0.717, 1.165) is 29.4 Å². The smallest absolute Gasteiger partial charge is 0.281 e. The van der Waals surface area contributed by atoms with E-state index in [1.807, 2.05) is 4.68 Å². The third kappa shape index (κ3) is 2.84. The summed E-state index contributed by atoms with van der Waals surface area (Å²) in [5.41, 5.74) is 1.17. The van der Waals surface area contributed by atoms with Crippen LogP contribution in [0.4, 0.5) is 0 Å². The number of aromatic amines is 1. The van der Waals surface area contributed by atoms with Crippen molar-refractivity contribution in [2.45, 2.75) is 58.4 Å². The van der Waals surface area contributed by atoms with E-state index in [-0.39, 0.29) is 5.56 Å². The van der Waals surface area contributed by atoms with Crippen LogP contribution in [0.3, 0.4) is 0 Å². The van der Waals surface area contributed by atoms with Crippen molar-refractivity contribution < 1.29 is 0 Å². The van der Waals surface area contributed by atoms with Crippen molar-refractivity contribution in [1.82, 2.24) is 9.78 Å². The highest BCUT2D eigenvalue weighted by atomic mass is 79.9. The lowest BCUT2D eigenvalue weighted by Gasteiger charge is -2.22. The van der Waals surface area contributed by atoms with Crippen LogP contribution < -0.4 is 5.56 Å². The Morgan fingerprint density at radius 3 is 2.59 bits per heavy atom. The normalized spacial score (nSPS) is 17.9. The second kappa shape index (κ2) is 5.42. The monoisotopic (exact) mass is 300 g/mol. The minimum Gasteiger partial charge on any atom is -0.298 e. The van der Waals surface area contributed by atoms with Crippen LogP contribution in [0.15, 0.2) is 9.27 Å². The quantitative estimate of drug-likeness (QED) is 0.909. The molecule has 0 aromatic carbocycles. The molecule has 0 saturated heterocycles. The first-order chi connectivity index (χ1) is 8.09. The Labute approximate surface area is 111 Å². The van der Waals surface area contributed by atoms with E-state index in [9.17, 15) is 4.79 Å². The van der Waals surface area contributed by atoms with Gasteiger partial charge in [-0.2, -0.15) is 0 Å². The van der Waals surface area contributed by atoms with Crippen molar-refractivity contribution in [3.63, 3.8) is 0 Å². The first kappa shape index (κ1) is 12.9. The van der Waals surface area contributed by atoms with Crippen LogP contribution in [0.25, 0.3) is 0 Å². The van der Waals surface area contributed by atoms with E-state index in [1.165, 1.54) is 19.3 Å². The van der Waals surface area contributed by atoms with Gasteiger partial charge in [0.1, 0.15) is 4.47 Å². The molecular formula is C13H21BrN2O. The van der Waals surface area contributed by atoms with Crippen LogP contribution in [-0.4, -0.2) is 9.78 Å². The summed E-state index contributed by atoms with van der Waals surface area (Å²) < 4.78 is 2.58. The summed E-state index contributed by atoms with van der Waals surface area (Å²) in [6.45, 7) is 4.34. The van der Waals surface area contributed by atoms with Crippen molar-refractivity contribution in [2.24, 2.45) is 5.92 Å². The molecule has 1 aliphatic rings. The molecule has 0 unspecified atom stereocenters. The molecule has 0 amide bonds. The van der Waals surface area contributed by atoms with E-state index in [1.54, 1.807) is 0 Å². The van der Waals surface area contributed by atoms with Gasteiger partial charge in [0.25, 0.3) is 5.56 Å². The number of nitrogens with one attached hydrogen (secondary N) is 1. The molecule has 1 aromatic rings. The van der Waals surface area contributed by atoms with Gasteiger partial charge < -0.3 is 0 Å². The Morgan fingerprint density at radius 1 is 1.35 bits per heavy atom. The van der Waals surface area contributed by atoms with Crippen molar-refractivity contribution in [3.8, 4) is 0 Å². The van der Waals surface area contributed by atoms with E-state index in [2.05, 4.69) is 34.9 Å². The zero-order chi connectivity index (χ0) is 12.4. The van der Waals surface area contributed by atoms with Crippen molar-refractivity contribution >= 4 is 15.9 Å². The van der Waals surface area contributed by atoms with E-state index in [4.69, 9.17) is 0 Å². The van der Waals surface area contributed by atoms with Gasteiger partial charge in [-0.15, -0.1) is 0 Å². The van der Waals surface area contributed by atoms with Crippen LogP contribution in [-0.2, 0) is 6.42 Å². The number of hydrogen-bond acceptors (Lipinski definition) is 1. The van der Waals surface area contributed by atoms with E-state index >= 15 is 0 Å². The maximum atomic E-state index is 12.2. The van der Waals surface area contributed by atoms with Crippen LogP contribution >= 0.6 is 15.9 Å². The van der Waals surface area contributed by atoms with Crippen LogP contribution in [0, 0.1) is 5.92 Å². The van der Waals surface area contributed by atoms with Gasteiger partial charge in [-0.1, -0.05) is 33.1 Å². The largest absolute Gasteiger partial charge is 0.298 e. The van der Waals surface area contributed by atoms with Gasteiger partial charge in [-0.05, 0) is 41.1 Å². The predicted molar refractivity (Wildman–Crippen MR) is 73.4 cm³/mol. The number of rotatable bonds is 3. The summed E-state index contributed by atoms with van der Waals surface area (Å²) in [7, 11) is 0. The summed E-state index contributed by atoms with van der Waals surface area (Å²) in [6.07, 6.45) is 6.99. The Hall–Kier alpha value is -0.510. The lowest BCUT2D eigenvalue weighted by molar-refractivity contribution is 0.321. The molecule has 1 heterocycles. The molecule has 1 aromatic heterocycles. The molecule has 0 spiro atoms. The lowest BCUT2D eigenvalue weighted by Crippen LogP contribution is -2.24. The summed E-state index contributed by atoms with van der Waals surface area (Å²) in [5.74, 6) is 0.559. The van der Waals surface area contributed by atoms with E-state index < -0.39 is 0 Å². The summed E-state index contributed by atoms with van der Waals surface area (Å²) in [4.78, 5) is 12.2. The highest BCUT2D eigenvalue weighted by molar-refractivity contribution is 9.10. The van der Waals surface area contributed by atoms with Crippen LogP contribution in [0.1, 0.15) is 57.7 Å². The average Bonchev–Trinajstić information content (AvgIpc) is 2.58. The molecule has 0 bridgehead atoms. The average molecular weight is 301 g/mol.